The van der Waals surface area contributed by atoms with Crippen molar-refractivity contribution in [3.8, 4) is 0 Å². The SMILES string of the molecule is Cn1nc(Cl)cc1NC(N)=O. The van der Waals surface area contributed by atoms with E-state index in [0.29, 0.717) is 11.0 Å². The third-order valence-corrected chi connectivity index (χ3v) is 1.29. The van der Waals surface area contributed by atoms with Crippen molar-refractivity contribution in [2.45, 2.75) is 0 Å². The van der Waals surface area contributed by atoms with Crippen molar-refractivity contribution in [1.82, 2.24) is 9.78 Å². The zero-order chi connectivity index (χ0) is 8.43. The van der Waals surface area contributed by atoms with E-state index in [1.807, 2.05) is 0 Å². The van der Waals surface area contributed by atoms with E-state index in [4.69, 9.17) is 17.3 Å². The first-order chi connectivity index (χ1) is 5.09. The average Bonchev–Trinajstić information content (AvgIpc) is 2.09. The van der Waals surface area contributed by atoms with Crippen LogP contribution in [0.1, 0.15) is 0 Å². The van der Waals surface area contributed by atoms with E-state index in [1.54, 1.807) is 7.05 Å². The van der Waals surface area contributed by atoms with Crippen molar-refractivity contribution in [1.29, 1.82) is 0 Å². The number of hydrogen-bond donors (Lipinski definition) is 2. The van der Waals surface area contributed by atoms with Crippen LogP contribution in [0.15, 0.2) is 6.07 Å². The molecule has 11 heavy (non-hydrogen) atoms. The molecule has 1 aromatic rings. The Morgan fingerprint density at radius 3 is 2.91 bits per heavy atom. The van der Waals surface area contributed by atoms with E-state index in [-0.39, 0.29) is 0 Å². The molecule has 0 aromatic carbocycles. The normalized spacial score (nSPS) is 9.64. The second-order valence-corrected chi connectivity index (χ2v) is 2.35. The van der Waals surface area contributed by atoms with E-state index < -0.39 is 6.03 Å². The van der Waals surface area contributed by atoms with Gasteiger partial charge in [-0.3, -0.25) is 10.00 Å². The van der Waals surface area contributed by atoms with Crippen LogP contribution in [0, 0.1) is 0 Å². The number of nitrogens with zero attached hydrogens (tertiary/aromatic N) is 2. The van der Waals surface area contributed by atoms with Gasteiger partial charge < -0.3 is 5.73 Å². The molecule has 0 unspecified atom stereocenters. The van der Waals surface area contributed by atoms with Gasteiger partial charge in [0.25, 0.3) is 0 Å². The summed E-state index contributed by atoms with van der Waals surface area (Å²) in [5.41, 5.74) is 4.87. The lowest BCUT2D eigenvalue weighted by Gasteiger charge is -1.98. The summed E-state index contributed by atoms with van der Waals surface area (Å²) in [6, 6.07) is 0.872. The van der Waals surface area contributed by atoms with E-state index in [1.165, 1.54) is 10.7 Å². The Bertz CT molecular complexity index is 282. The maximum atomic E-state index is 10.4. The molecule has 0 radical (unpaired) electrons. The summed E-state index contributed by atoms with van der Waals surface area (Å²) >= 11 is 5.53. The van der Waals surface area contributed by atoms with Gasteiger partial charge in [0.1, 0.15) is 5.82 Å². The van der Waals surface area contributed by atoms with Crippen LogP contribution < -0.4 is 11.1 Å². The van der Waals surface area contributed by atoms with Crippen LogP contribution >= 0.6 is 11.6 Å². The molecule has 0 saturated heterocycles. The standard InChI is InChI=1S/C5H7ClN4O/c1-10-4(8-5(7)11)2-3(6)9-10/h2H,1H3,(H3,7,8,11). The number of aryl methyl sites for hydroxylation is 1. The first-order valence-corrected chi connectivity index (χ1v) is 3.23. The molecule has 0 bridgehead atoms. The molecule has 5 nitrogen and oxygen atoms in total. The van der Waals surface area contributed by atoms with Gasteiger partial charge in [0.2, 0.25) is 0 Å². The van der Waals surface area contributed by atoms with Gasteiger partial charge >= 0.3 is 6.03 Å². The highest BCUT2D eigenvalue weighted by Gasteiger charge is 2.03. The van der Waals surface area contributed by atoms with Gasteiger partial charge in [0, 0.05) is 13.1 Å². The van der Waals surface area contributed by atoms with Crippen LogP contribution in [-0.2, 0) is 7.05 Å². The maximum Gasteiger partial charge on any atom is 0.317 e. The number of amides is 2. The number of rotatable bonds is 1. The van der Waals surface area contributed by atoms with Crippen molar-refractivity contribution < 1.29 is 4.79 Å². The van der Waals surface area contributed by atoms with Crippen molar-refractivity contribution in [3.63, 3.8) is 0 Å². The van der Waals surface area contributed by atoms with Gasteiger partial charge in [-0.2, -0.15) is 5.10 Å². The zero-order valence-electron chi connectivity index (χ0n) is 5.84. The van der Waals surface area contributed by atoms with Gasteiger partial charge in [-0.15, -0.1) is 0 Å². The summed E-state index contributed by atoms with van der Waals surface area (Å²) in [7, 11) is 1.65. The molecule has 1 rings (SSSR count). The molecule has 6 heteroatoms. The number of urea groups is 1. The Labute approximate surface area is 68.1 Å². The Balaban J connectivity index is 2.85. The summed E-state index contributed by atoms with van der Waals surface area (Å²) in [5.74, 6) is 0.475. The van der Waals surface area contributed by atoms with Crippen molar-refractivity contribution in [3.05, 3.63) is 11.2 Å². The average molecular weight is 175 g/mol. The lowest BCUT2D eigenvalue weighted by atomic mass is 10.6. The number of carbonyl (C=O) groups excluding carboxylic acids is 1. The smallest absolute Gasteiger partial charge is 0.317 e. The number of halogens is 1. The molecule has 0 saturated carbocycles. The molecule has 1 aromatic heterocycles. The molecular weight excluding hydrogens is 168 g/mol. The van der Waals surface area contributed by atoms with Gasteiger partial charge in [-0.05, 0) is 0 Å². The molecule has 2 amide bonds. The highest BCUT2D eigenvalue weighted by Crippen LogP contribution is 2.12. The Morgan fingerprint density at radius 1 is 1.91 bits per heavy atom. The third-order valence-electron chi connectivity index (χ3n) is 1.10. The molecule has 0 spiro atoms. The summed E-state index contributed by atoms with van der Waals surface area (Å²) in [6.45, 7) is 0. The van der Waals surface area contributed by atoms with Crippen molar-refractivity contribution in [2.75, 3.05) is 5.32 Å². The van der Waals surface area contributed by atoms with Gasteiger partial charge in [-0.25, -0.2) is 4.79 Å². The summed E-state index contributed by atoms with van der Waals surface area (Å²) < 4.78 is 1.42. The Kier molecular flexibility index (Phi) is 2.00. The highest BCUT2D eigenvalue weighted by atomic mass is 35.5. The number of aromatic nitrogens is 2. The molecule has 0 aliphatic carbocycles. The van der Waals surface area contributed by atoms with Gasteiger partial charge in [0.15, 0.2) is 5.15 Å². The van der Waals surface area contributed by atoms with E-state index in [9.17, 15) is 4.79 Å². The van der Waals surface area contributed by atoms with Crippen LogP contribution in [0.2, 0.25) is 5.15 Å². The summed E-state index contributed by atoms with van der Waals surface area (Å²) in [4.78, 5) is 10.4. The lowest BCUT2D eigenvalue weighted by molar-refractivity contribution is 0.259. The first-order valence-electron chi connectivity index (χ1n) is 2.85. The molecule has 3 N–H and O–H groups in total. The van der Waals surface area contributed by atoms with Crippen LogP contribution in [0.25, 0.3) is 0 Å². The van der Waals surface area contributed by atoms with Crippen molar-refractivity contribution >= 4 is 23.4 Å². The summed E-state index contributed by atoms with van der Waals surface area (Å²) in [5, 5.41) is 6.44. The quantitative estimate of drug-likeness (QED) is 0.653. The number of nitrogens with one attached hydrogen (secondary N) is 1. The Hall–Kier alpha value is -1.23. The topological polar surface area (TPSA) is 72.9 Å². The van der Waals surface area contributed by atoms with Gasteiger partial charge in [0.05, 0.1) is 0 Å². The molecular formula is C5H7ClN4O. The van der Waals surface area contributed by atoms with E-state index >= 15 is 0 Å². The van der Waals surface area contributed by atoms with Crippen molar-refractivity contribution in [2.24, 2.45) is 12.8 Å². The molecule has 0 atom stereocenters. The highest BCUT2D eigenvalue weighted by molar-refractivity contribution is 6.29. The van der Waals surface area contributed by atoms with Crippen LogP contribution in [0.5, 0.6) is 0 Å². The minimum absolute atomic E-state index is 0.316. The fourth-order valence-corrected chi connectivity index (χ4v) is 0.892. The maximum absolute atomic E-state index is 10.4. The molecule has 1 heterocycles. The van der Waals surface area contributed by atoms with Gasteiger partial charge in [-0.1, -0.05) is 11.6 Å². The molecule has 60 valence electrons. The Morgan fingerprint density at radius 2 is 2.55 bits per heavy atom. The predicted octanol–water partition coefficient (Wildman–Crippen LogP) is 0.564. The second kappa shape index (κ2) is 2.79. The first kappa shape index (κ1) is 7.87. The number of primary amides is 1. The number of carbonyl (C=O) groups is 1. The zero-order valence-corrected chi connectivity index (χ0v) is 6.59. The third kappa shape index (κ3) is 1.84. The molecule has 0 fully saturated rings. The minimum atomic E-state index is -0.635. The fourth-order valence-electron chi connectivity index (χ4n) is 0.675. The second-order valence-electron chi connectivity index (χ2n) is 1.97. The monoisotopic (exact) mass is 174 g/mol. The minimum Gasteiger partial charge on any atom is -0.351 e. The lowest BCUT2D eigenvalue weighted by Crippen LogP contribution is -2.20. The van der Waals surface area contributed by atoms with E-state index in [2.05, 4.69) is 10.4 Å². The predicted molar refractivity (Wildman–Crippen MR) is 41.4 cm³/mol. The molecule has 0 aliphatic rings. The largest absolute Gasteiger partial charge is 0.351 e. The van der Waals surface area contributed by atoms with Crippen LogP contribution in [0.3, 0.4) is 0 Å². The number of hydrogen-bond acceptors (Lipinski definition) is 2. The number of anilines is 1. The fraction of sp³-hybridized carbons (Fsp3) is 0.200. The number of nitrogens with two attached hydrogens (primary N) is 1. The molecule has 0 aliphatic heterocycles. The van der Waals surface area contributed by atoms with Crippen LogP contribution in [-0.4, -0.2) is 15.8 Å². The summed E-state index contributed by atoms with van der Waals surface area (Å²) in [6.07, 6.45) is 0. The van der Waals surface area contributed by atoms with E-state index in [0.717, 1.165) is 0 Å². The van der Waals surface area contributed by atoms with Crippen LogP contribution in [0.4, 0.5) is 10.6 Å².